The Morgan fingerprint density at radius 1 is 1.22 bits per heavy atom. The number of nitrogens with one attached hydrogen (secondary N) is 1. The molecule has 1 unspecified atom stereocenters. The fourth-order valence-corrected chi connectivity index (χ4v) is 3.04. The van der Waals surface area contributed by atoms with Gasteiger partial charge in [0.15, 0.2) is 0 Å². The van der Waals surface area contributed by atoms with Crippen LogP contribution in [-0.2, 0) is 4.74 Å². The highest BCUT2D eigenvalue weighted by Crippen LogP contribution is 2.43. The number of hydrogen-bond donors (Lipinski definition) is 1. The van der Waals surface area contributed by atoms with E-state index in [1.54, 1.807) is 14.2 Å². The quantitative estimate of drug-likeness (QED) is 0.892. The molecule has 1 saturated carbocycles. The van der Waals surface area contributed by atoms with Gasteiger partial charge in [-0.25, -0.2) is 8.78 Å². The molecule has 1 fully saturated rings. The van der Waals surface area contributed by atoms with Crippen molar-refractivity contribution in [2.24, 2.45) is 0 Å². The summed E-state index contributed by atoms with van der Waals surface area (Å²) in [5.41, 5.74) is -0.415. The molecule has 1 atom stereocenters. The molecule has 1 N–H and O–H groups in total. The van der Waals surface area contributed by atoms with E-state index in [1.807, 2.05) is 0 Å². The molecule has 2 rings (SSSR count). The minimum atomic E-state index is -0.516. The van der Waals surface area contributed by atoms with Gasteiger partial charge in [0.2, 0.25) is 0 Å². The van der Waals surface area contributed by atoms with Gasteiger partial charge in [-0.3, -0.25) is 0 Å². The maximum absolute atomic E-state index is 13.9. The first-order valence-corrected chi connectivity index (χ1v) is 6.31. The molecule has 1 aliphatic rings. The van der Waals surface area contributed by atoms with Crippen LogP contribution in [0.4, 0.5) is 8.78 Å². The zero-order valence-electron chi connectivity index (χ0n) is 10.8. The molecule has 0 spiro atoms. The van der Waals surface area contributed by atoms with E-state index in [2.05, 4.69) is 5.32 Å². The lowest BCUT2D eigenvalue weighted by atomic mass is 9.86. The zero-order valence-corrected chi connectivity index (χ0v) is 10.8. The molecule has 0 heterocycles. The van der Waals surface area contributed by atoms with Crippen molar-refractivity contribution in [3.63, 3.8) is 0 Å². The highest BCUT2D eigenvalue weighted by Gasteiger charge is 2.43. The van der Waals surface area contributed by atoms with Crippen LogP contribution in [0.5, 0.6) is 0 Å². The molecule has 1 aliphatic carbocycles. The Kier molecular flexibility index (Phi) is 3.97. The molecule has 100 valence electrons. The van der Waals surface area contributed by atoms with E-state index < -0.39 is 23.3 Å². The predicted octanol–water partition coefficient (Wildman–Crippen LogP) is 3.18. The van der Waals surface area contributed by atoms with E-state index in [0.29, 0.717) is 0 Å². The fraction of sp³-hybridized carbons (Fsp3) is 0.571. The van der Waals surface area contributed by atoms with Crippen molar-refractivity contribution in [2.75, 3.05) is 14.2 Å². The number of ether oxygens (including phenoxy) is 1. The number of halogens is 2. The lowest BCUT2D eigenvalue weighted by Gasteiger charge is -2.36. The molecule has 4 heteroatoms. The van der Waals surface area contributed by atoms with Crippen molar-refractivity contribution in [1.82, 2.24) is 5.32 Å². The first-order chi connectivity index (χ1) is 8.64. The summed E-state index contributed by atoms with van der Waals surface area (Å²) in [6, 6.07) is 3.52. The Bertz CT molecular complexity index is 396. The fourth-order valence-electron chi connectivity index (χ4n) is 3.04. The van der Waals surface area contributed by atoms with E-state index in [4.69, 9.17) is 4.74 Å². The second-order valence-corrected chi connectivity index (χ2v) is 4.83. The van der Waals surface area contributed by atoms with Crippen molar-refractivity contribution in [2.45, 2.75) is 37.3 Å². The third-order valence-corrected chi connectivity index (χ3v) is 3.96. The summed E-state index contributed by atoms with van der Waals surface area (Å²) in [5, 5.41) is 3.03. The monoisotopic (exact) mass is 255 g/mol. The second kappa shape index (κ2) is 5.33. The van der Waals surface area contributed by atoms with Crippen LogP contribution in [0, 0.1) is 11.6 Å². The summed E-state index contributed by atoms with van der Waals surface area (Å²) in [4.78, 5) is 0. The largest absolute Gasteiger partial charge is 0.376 e. The summed E-state index contributed by atoms with van der Waals surface area (Å²) in [5.74, 6) is -1.03. The van der Waals surface area contributed by atoms with Crippen LogP contribution in [0.15, 0.2) is 18.2 Å². The average molecular weight is 255 g/mol. The van der Waals surface area contributed by atoms with Crippen molar-refractivity contribution >= 4 is 0 Å². The number of methoxy groups -OCH3 is 1. The highest BCUT2D eigenvalue weighted by molar-refractivity contribution is 5.26. The normalized spacial score (nSPS) is 20.0. The topological polar surface area (TPSA) is 21.3 Å². The molecular weight excluding hydrogens is 236 g/mol. The van der Waals surface area contributed by atoms with Crippen molar-refractivity contribution in [3.8, 4) is 0 Å². The lowest BCUT2D eigenvalue weighted by Crippen LogP contribution is -2.43. The number of benzene rings is 1. The maximum Gasteiger partial charge on any atom is 0.131 e. The standard InChI is InChI=1S/C14H19F2NO/c1-17-13(14(18-2)8-3-4-9-14)12-10(15)6-5-7-11(12)16/h5-7,13,17H,3-4,8-9H2,1-2H3. The minimum Gasteiger partial charge on any atom is -0.376 e. The zero-order chi connectivity index (χ0) is 13.2. The van der Waals surface area contributed by atoms with Crippen LogP contribution in [0.2, 0.25) is 0 Å². The van der Waals surface area contributed by atoms with Crippen LogP contribution >= 0.6 is 0 Å². The van der Waals surface area contributed by atoms with Crippen LogP contribution in [0.1, 0.15) is 37.3 Å². The van der Waals surface area contributed by atoms with E-state index in [1.165, 1.54) is 18.2 Å². The summed E-state index contributed by atoms with van der Waals surface area (Å²) in [6.45, 7) is 0. The smallest absolute Gasteiger partial charge is 0.131 e. The van der Waals surface area contributed by atoms with Crippen LogP contribution in [-0.4, -0.2) is 19.8 Å². The number of hydrogen-bond acceptors (Lipinski definition) is 2. The van der Waals surface area contributed by atoms with Gasteiger partial charge >= 0.3 is 0 Å². The molecule has 1 aromatic rings. The van der Waals surface area contributed by atoms with E-state index >= 15 is 0 Å². The molecule has 18 heavy (non-hydrogen) atoms. The van der Waals surface area contributed by atoms with E-state index in [-0.39, 0.29) is 5.56 Å². The first kappa shape index (κ1) is 13.4. The molecule has 1 aromatic carbocycles. The highest BCUT2D eigenvalue weighted by atomic mass is 19.1. The molecule has 0 amide bonds. The first-order valence-electron chi connectivity index (χ1n) is 6.31. The Morgan fingerprint density at radius 3 is 2.22 bits per heavy atom. The van der Waals surface area contributed by atoms with Crippen LogP contribution in [0.3, 0.4) is 0 Å². The Hall–Kier alpha value is -1.00. The third-order valence-electron chi connectivity index (χ3n) is 3.96. The lowest BCUT2D eigenvalue weighted by molar-refractivity contribution is -0.0366. The van der Waals surface area contributed by atoms with Crippen molar-refractivity contribution < 1.29 is 13.5 Å². The van der Waals surface area contributed by atoms with Gasteiger partial charge < -0.3 is 10.1 Å². The second-order valence-electron chi connectivity index (χ2n) is 4.83. The number of likely N-dealkylation sites (N-methyl/N-ethyl adjacent to an activating group) is 1. The third kappa shape index (κ3) is 2.15. The minimum absolute atomic E-state index is 0.0868. The van der Waals surface area contributed by atoms with Gasteiger partial charge in [-0.1, -0.05) is 18.9 Å². The van der Waals surface area contributed by atoms with E-state index in [9.17, 15) is 8.78 Å². The van der Waals surface area contributed by atoms with Gasteiger partial charge in [0.25, 0.3) is 0 Å². The molecule has 0 aromatic heterocycles. The Labute approximate surface area is 106 Å². The van der Waals surface area contributed by atoms with Gasteiger partial charge in [0.05, 0.1) is 11.6 Å². The predicted molar refractivity (Wildman–Crippen MR) is 66.4 cm³/mol. The number of rotatable bonds is 4. The summed E-state index contributed by atoms with van der Waals surface area (Å²) < 4.78 is 33.4. The van der Waals surface area contributed by atoms with Crippen LogP contribution in [0.25, 0.3) is 0 Å². The average Bonchev–Trinajstić information content (AvgIpc) is 2.84. The van der Waals surface area contributed by atoms with Crippen LogP contribution < -0.4 is 5.32 Å². The SMILES string of the molecule is CNC(c1c(F)cccc1F)C1(OC)CCCC1. The molecule has 0 radical (unpaired) electrons. The van der Waals surface area contributed by atoms with Crippen molar-refractivity contribution in [3.05, 3.63) is 35.4 Å². The van der Waals surface area contributed by atoms with Gasteiger partial charge in [-0.2, -0.15) is 0 Å². The summed E-state index contributed by atoms with van der Waals surface area (Å²) >= 11 is 0. The van der Waals surface area contributed by atoms with Gasteiger partial charge in [-0.05, 0) is 32.0 Å². The summed E-state index contributed by atoms with van der Waals surface area (Å²) in [6.07, 6.45) is 3.70. The van der Waals surface area contributed by atoms with Gasteiger partial charge in [0, 0.05) is 12.7 Å². The summed E-state index contributed by atoms with van der Waals surface area (Å²) in [7, 11) is 3.34. The Balaban J connectivity index is 2.44. The van der Waals surface area contributed by atoms with Crippen molar-refractivity contribution in [1.29, 1.82) is 0 Å². The molecular formula is C14H19F2NO. The maximum atomic E-state index is 13.9. The molecule has 0 bridgehead atoms. The molecule has 0 aliphatic heterocycles. The molecule has 2 nitrogen and oxygen atoms in total. The van der Waals surface area contributed by atoms with E-state index in [0.717, 1.165) is 25.7 Å². The Morgan fingerprint density at radius 2 is 1.78 bits per heavy atom. The van der Waals surface area contributed by atoms with Gasteiger partial charge in [-0.15, -0.1) is 0 Å². The molecule has 0 saturated heterocycles. The van der Waals surface area contributed by atoms with Gasteiger partial charge in [0.1, 0.15) is 11.6 Å².